The number of amides is 2. The zero-order valence-electron chi connectivity index (χ0n) is 12.1. The molecule has 0 spiro atoms. The maximum absolute atomic E-state index is 13.6. The van der Waals surface area contributed by atoms with Crippen molar-refractivity contribution in [1.82, 2.24) is 5.32 Å². The van der Waals surface area contributed by atoms with Gasteiger partial charge in [-0.05, 0) is 19.1 Å². The summed E-state index contributed by atoms with van der Waals surface area (Å²) in [7, 11) is 1.19. The van der Waals surface area contributed by atoms with Crippen molar-refractivity contribution in [3.8, 4) is 0 Å². The fraction of sp³-hybridized carbons (Fsp3) is 0.267. The number of allylic oxidation sites excluding steroid dienone is 1. The van der Waals surface area contributed by atoms with Crippen LogP contribution in [0.2, 0.25) is 0 Å². The van der Waals surface area contributed by atoms with Gasteiger partial charge in [0.1, 0.15) is 5.82 Å². The van der Waals surface area contributed by atoms with Crippen molar-refractivity contribution in [3.05, 3.63) is 41.4 Å². The summed E-state index contributed by atoms with van der Waals surface area (Å²) in [5, 5.41) is 4.88. The van der Waals surface area contributed by atoms with Gasteiger partial charge in [-0.1, -0.05) is 12.1 Å². The van der Waals surface area contributed by atoms with Crippen molar-refractivity contribution in [2.75, 3.05) is 12.4 Å². The normalized spacial score (nSPS) is 17.8. The predicted molar refractivity (Wildman–Crippen MR) is 76.0 cm³/mol. The lowest BCUT2D eigenvalue weighted by atomic mass is 9.89. The van der Waals surface area contributed by atoms with Gasteiger partial charge >= 0.3 is 5.97 Å². The first-order valence-electron chi connectivity index (χ1n) is 6.58. The Balaban J connectivity index is 2.30. The van der Waals surface area contributed by atoms with Crippen LogP contribution in [-0.4, -0.2) is 24.9 Å². The molecule has 1 aromatic carbocycles. The largest absolute Gasteiger partial charge is 0.466 e. The number of carbonyl (C=O) groups is 3. The molecule has 1 heterocycles. The first-order valence-corrected chi connectivity index (χ1v) is 6.58. The molecule has 0 aliphatic carbocycles. The highest BCUT2D eigenvalue weighted by atomic mass is 19.1. The molecule has 7 heteroatoms. The summed E-state index contributed by atoms with van der Waals surface area (Å²) >= 11 is 0. The molecular formula is C15H15FN2O4. The maximum Gasteiger partial charge on any atom is 0.336 e. The van der Waals surface area contributed by atoms with Gasteiger partial charge in [0.25, 0.3) is 0 Å². The second-order valence-corrected chi connectivity index (χ2v) is 4.80. The fourth-order valence-electron chi connectivity index (χ4n) is 2.29. The van der Waals surface area contributed by atoms with E-state index in [1.165, 1.54) is 32.2 Å². The summed E-state index contributed by atoms with van der Waals surface area (Å²) in [4.78, 5) is 35.8. The molecule has 6 nitrogen and oxygen atoms in total. The number of methoxy groups -OCH3 is 1. The summed E-state index contributed by atoms with van der Waals surface area (Å²) in [6.07, 6.45) is -0.206. The van der Waals surface area contributed by atoms with Crippen LogP contribution in [0.3, 0.4) is 0 Å². The Morgan fingerprint density at radius 1 is 1.36 bits per heavy atom. The van der Waals surface area contributed by atoms with E-state index in [9.17, 15) is 18.8 Å². The van der Waals surface area contributed by atoms with Crippen molar-refractivity contribution < 1.29 is 23.5 Å². The molecule has 1 aliphatic heterocycles. The molecule has 0 fully saturated rings. The fourth-order valence-corrected chi connectivity index (χ4v) is 2.29. The van der Waals surface area contributed by atoms with E-state index in [4.69, 9.17) is 0 Å². The highest BCUT2D eigenvalue weighted by molar-refractivity contribution is 6.06. The van der Waals surface area contributed by atoms with Crippen molar-refractivity contribution in [2.24, 2.45) is 5.92 Å². The van der Waals surface area contributed by atoms with Crippen LogP contribution in [0.5, 0.6) is 0 Å². The summed E-state index contributed by atoms with van der Waals surface area (Å²) in [6.45, 7) is 1.51. The zero-order chi connectivity index (χ0) is 16.3. The highest BCUT2D eigenvalue weighted by Gasteiger charge is 2.36. The van der Waals surface area contributed by atoms with Crippen LogP contribution in [0.1, 0.15) is 13.3 Å². The number of ether oxygens (including phenoxy) is 1. The smallest absolute Gasteiger partial charge is 0.336 e. The molecule has 2 N–H and O–H groups in total. The third-order valence-corrected chi connectivity index (χ3v) is 3.32. The zero-order valence-corrected chi connectivity index (χ0v) is 12.1. The Labute approximate surface area is 126 Å². The summed E-state index contributed by atoms with van der Waals surface area (Å²) < 4.78 is 18.2. The molecule has 1 aromatic rings. The Kier molecular flexibility index (Phi) is 4.55. The highest BCUT2D eigenvalue weighted by Crippen LogP contribution is 2.26. The summed E-state index contributed by atoms with van der Waals surface area (Å²) in [6, 6.07) is 5.65. The molecule has 0 radical (unpaired) electrons. The topological polar surface area (TPSA) is 84.5 Å². The molecular weight excluding hydrogens is 291 g/mol. The molecule has 0 unspecified atom stereocenters. The molecule has 0 saturated heterocycles. The molecule has 0 bridgehead atoms. The quantitative estimate of drug-likeness (QED) is 0.826. The number of hydrogen-bond donors (Lipinski definition) is 2. The van der Waals surface area contributed by atoms with Crippen LogP contribution in [0, 0.1) is 11.7 Å². The average molecular weight is 306 g/mol. The number of halogens is 1. The first kappa shape index (κ1) is 15.7. The minimum absolute atomic E-state index is 0.0136. The number of para-hydroxylation sites is 1. The molecule has 116 valence electrons. The molecule has 1 atom stereocenters. The van der Waals surface area contributed by atoms with E-state index in [1.807, 2.05) is 0 Å². The Hall–Kier alpha value is -2.70. The first-order chi connectivity index (χ1) is 10.4. The standard InChI is InChI=1S/C15H15FN2O4/c1-8-13(15(21)22-2)9(7-12(19)17-8)14(20)18-11-6-4-3-5-10(11)16/h3-6,9H,7H2,1-2H3,(H,17,19)(H,18,20)/t9-/m1/s1. The van der Waals surface area contributed by atoms with Crippen LogP contribution in [-0.2, 0) is 19.1 Å². The maximum atomic E-state index is 13.6. The number of benzene rings is 1. The van der Waals surface area contributed by atoms with Crippen LogP contribution >= 0.6 is 0 Å². The van der Waals surface area contributed by atoms with Crippen molar-refractivity contribution in [3.63, 3.8) is 0 Å². The van der Waals surface area contributed by atoms with Gasteiger partial charge in [-0.15, -0.1) is 0 Å². The summed E-state index contributed by atoms with van der Waals surface area (Å²) in [5.41, 5.74) is 0.313. The van der Waals surface area contributed by atoms with E-state index in [1.54, 1.807) is 6.07 Å². The van der Waals surface area contributed by atoms with Gasteiger partial charge in [0.15, 0.2) is 0 Å². The Morgan fingerprint density at radius 3 is 2.68 bits per heavy atom. The minimum atomic E-state index is -1.03. The number of carbonyl (C=O) groups excluding carboxylic acids is 3. The average Bonchev–Trinajstić information content (AvgIpc) is 2.48. The lowest BCUT2D eigenvalue weighted by molar-refractivity contribution is -0.139. The van der Waals surface area contributed by atoms with Gasteiger partial charge < -0.3 is 15.4 Å². The van der Waals surface area contributed by atoms with Gasteiger partial charge in [-0.2, -0.15) is 0 Å². The predicted octanol–water partition coefficient (Wildman–Crippen LogP) is 1.35. The minimum Gasteiger partial charge on any atom is -0.466 e. The van der Waals surface area contributed by atoms with Crippen molar-refractivity contribution in [1.29, 1.82) is 0 Å². The van der Waals surface area contributed by atoms with Crippen molar-refractivity contribution in [2.45, 2.75) is 13.3 Å². The Bertz CT molecular complexity index is 669. The Morgan fingerprint density at radius 2 is 2.05 bits per heavy atom. The van der Waals surface area contributed by atoms with E-state index in [2.05, 4.69) is 15.4 Å². The lowest BCUT2D eigenvalue weighted by Crippen LogP contribution is -2.40. The van der Waals surface area contributed by atoms with Crippen LogP contribution < -0.4 is 10.6 Å². The van der Waals surface area contributed by atoms with Gasteiger partial charge in [-0.25, -0.2) is 9.18 Å². The van der Waals surface area contributed by atoms with Crippen LogP contribution in [0.25, 0.3) is 0 Å². The third-order valence-electron chi connectivity index (χ3n) is 3.32. The number of rotatable bonds is 3. The van der Waals surface area contributed by atoms with E-state index in [0.717, 1.165) is 0 Å². The van der Waals surface area contributed by atoms with Gasteiger partial charge in [-0.3, -0.25) is 9.59 Å². The molecule has 1 aliphatic rings. The molecule has 2 amide bonds. The van der Waals surface area contributed by atoms with E-state index in [0.29, 0.717) is 0 Å². The SMILES string of the molecule is COC(=O)C1=C(C)NC(=O)C[C@H]1C(=O)Nc1ccccc1F. The van der Waals surface area contributed by atoms with Crippen LogP contribution in [0.4, 0.5) is 10.1 Å². The van der Waals surface area contributed by atoms with Gasteiger partial charge in [0, 0.05) is 12.1 Å². The lowest BCUT2D eigenvalue weighted by Gasteiger charge is -2.25. The van der Waals surface area contributed by atoms with Crippen LogP contribution in [0.15, 0.2) is 35.5 Å². The van der Waals surface area contributed by atoms with E-state index < -0.39 is 23.6 Å². The number of esters is 1. The molecule has 0 saturated carbocycles. The second-order valence-electron chi connectivity index (χ2n) is 4.80. The van der Waals surface area contributed by atoms with E-state index in [-0.39, 0.29) is 29.3 Å². The van der Waals surface area contributed by atoms with Crippen molar-refractivity contribution >= 4 is 23.5 Å². The summed E-state index contributed by atoms with van der Waals surface area (Å²) in [5.74, 6) is -3.36. The number of nitrogens with one attached hydrogen (secondary N) is 2. The monoisotopic (exact) mass is 306 g/mol. The van der Waals surface area contributed by atoms with E-state index >= 15 is 0 Å². The number of hydrogen-bond acceptors (Lipinski definition) is 4. The van der Waals surface area contributed by atoms with Gasteiger partial charge in [0.05, 0.1) is 24.3 Å². The molecule has 0 aromatic heterocycles. The molecule has 22 heavy (non-hydrogen) atoms. The molecule has 2 rings (SSSR count). The number of anilines is 1. The van der Waals surface area contributed by atoms with Gasteiger partial charge in [0.2, 0.25) is 11.8 Å². The third kappa shape index (κ3) is 3.13. The second kappa shape index (κ2) is 6.38.